The summed E-state index contributed by atoms with van der Waals surface area (Å²) in [5.41, 5.74) is -1.14. The average Bonchev–Trinajstić information content (AvgIpc) is 3.26. The summed E-state index contributed by atoms with van der Waals surface area (Å²) in [6.45, 7) is 6.38. The maximum absolute atomic E-state index is 10.5. The Bertz CT molecular complexity index is 735. The molecule has 1 aliphatic rings. The van der Waals surface area contributed by atoms with Crippen molar-refractivity contribution in [2.75, 3.05) is 19.6 Å². The zero-order valence-corrected chi connectivity index (χ0v) is 16.2. The maximum atomic E-state index is 10.5. The van der Waals surface area contributed by atoms with Crippen LogP contribution in [0.3, 0.4) is 0 Å². The van der Waals surface area contributed by atoms with Gasteiger partial charge in [-0.25, -0.2) is 4.99 Å². The van der Waals surface area contributed by atoms with Crippen molar-refractivity contribution in [1.29, 1.82) is 0 Å². The minimum absolute atomic E-state index is 0.205. The molecule has 0 spiro atoms. The molecule has 1 atom stereocenters. The highest BCUT2D eigenvalue weighted by molar-refractivity contribution is 5.79. The van der Waals surface area contributed by atoms with Crippen molar-refractivity contribution in [3.8, 4) is 0 Å². The fourth-order valence-corrected chi connectivity index (χ4v) is 3.26. The number of hydrogen-bond acceptors (Lipinski definition) is 5. The van der Waals surface area contributed by atoms with Gasteiger partial charge in [-0.1, -0.05) is 6.42 Å². The van der Waals surface area contributed by atoms with Crippen LogP contribution in [0.15, 0.2) is 27.8 Å². The van der Waals surface area contributed by atoms with Gasteiger partial charge in [-0.2, -0.15) is 0 Å². The first-order chi connectivity index (χ1) is 13.1. The lowest BCUT2D eigenvalue weighted by atomic mass is 10.0. The third kappa shape index (κ3) is 5.09. The van der Waals surface area contributed by atoms with Crippen molar-refractivity contribution in [3.05, 3.63) is 35.8 Å². The first-order valence-electron chi connectivity index (χ1n) is 9.79. The van der Waals surface area contributed by atoms with Crippen molar-refractivity contribution in [2.24, 2.45) is 4.99 Å². The summed E-state index contributed by atoms with van der Waals surface area (Å²) in [5, 5.41) is 25.8. The molecule has 3 heterocycles. The molecule has 148 valence electrons. The van der Waals surface area contributed by atoms with Gasteiger partial charge in [0.15, 0.2) is 5.96 Å². The van der Waals surface area contributed by atoms with Crippen LogP contribution in [0.2, 0.25) is 0 Å². The van der Waals surface area contributed by atoms with E-state index in [9.17, 15) is 5.11 Å². The first kappa shape index (κ1) is 19.4. The topological polar surface area (TPSA) is 100 Å². The molecule has 0 bridgehead atoms. The summed E-state index contributed by atoms with van der Waals surface area (Å²) >= 11 is 0. The Balaban J connectivity index is 1.56. The van der Waals surface area contributed by atoms with E-state index in [1.54, 1.807) is 25.3 Å². The Labute approximate surface area is 160 Å². The molecule has 8 nitrogen and oxygen atoms in total. The number of nitrogens with one attached hydrogen (secondary N) is 2. The largest absolute Gasteiger partial charge is 0.466 e. The SMILES string of the molecule is CCNC(=NCC(C)(O)c1ccco1)NCCc1nnc2n1CCCCC2. The molecule has 0 aliphatic carbocycles. The summed E-state index contributed by atoms with van der Waals surface area (Å²) in [7, 11) is 0. The number of aryl methyl sites for hydroxylation is 1. The predicted molar refractivity (Wildman–Crippen MR) is 104 cm³/mol. The fraction of sp³-hybridized carbons (Fsp3) is 0.632. The van der Waals surface area contributed by atoms with Gasteiger partial charge < -0.3 is 24.7 Å². The van der Waals surface area contributed by atoms with E-state index < -0.39 is 5.60 Å². The van der Waals surface area contributed by atoms with E-state index in [1.165, 1.54) is 19.3 Å². The highest BCUT2D eigenvalue weighted by atomic mass is 16.4. The van der Waals surface area contributed by atoms with E-state index in [2.05, 4.69) is 30.4 Å². The van der Waals surface area contributed by atoms with Crippen molar-refractivity contribution in [3.63, 3.8) is 0 Å². The number of aliphatic imine (C=N–C) groups is 1. The second-order valence-corrected chi connectivity index (χ2v) is 7.12. The van der Waals surface area contributed by atoms with Gasteiger partial charge >= 0.3 is 0 Å². The van der Waals surface area contributed by atoms with Gasteiger partial charge in [-0.15, -0.1) is 10.2 Å². The molecule has 0 saturated carbocycles. The van der Waals surface area contributed by atoms with Crippen LogP contribution < -0.4 is 10.6 Å². The van der Waals surface area contributed by atoms with Crippen LogP contribution in [0.1, 0.15) is 50.5 Å². The molecule has 0 radical (unpaired) electrons. The number of nitrogens with zero attached hydrogens (tertiary/aromatic N) is 4. The molecule has 27 heavy (non-hydrogen) atoms. The van der Waals surface area contributed by atoms with Gasteiger partial charge in [-0.3, -0.25) is 0 Å². The molecule has 3 rings (SSSR count). The smallest absolute Gasteiger partial charge is 0.191 e. The van der Waals surface area contributed by atoms with Gasteiger partial charge in [-0.05, 0) is 38.8 Å². The summed E-state index contributed by atoms with van der Waals surface area (Å²) in [6.07, 6.45) is 7.01. The summed E-state index contributed by atoms with van der Waals surface area (Å²) in [6, 6.07) is 3.52. The number of fused-ring (bicyclic) bond motifs is 1. The van der Waals surface area contributed by atoms with E-state index in [0.29, 0.717) is 18.3 Å². The Kier molecular flexibility index (Phi) is 6.49. The van der Waals surface area contributed by atoms with Gasteiger partial charge in [0.2, 0.25) is 0 Å². The van der Waals surface area contributed by atoms with Gasteiger partial charge in [0, 0.05) is 32.5 Å². The molecule has 8 heteroatoms. The monoisotopic (exact) mass is 374 g/mol. The van der Waals surface area contributed by atoms with Crippen molar-refractivity contribution in [2.45, 2.75) is 58.1 Å². The number of rotatable bonds is 7. The lowest BCUT2D eigenvalue weighted by molar-refractivity contribution is 0.0437. The zero-order chi connectivity index (χ0) is 19.1. The Morgan fingerprint density at radius 3 is 3.00 bits per heavy atom. The van der Waals surface area contributed by atoms with Gasteiger partial charge in [0.05, 0.1) is 12.8 Å². The molecular formula is C19H30N6O2. The van der Waals surface area contributed by atoms with Crippen LogP contribution >= 0.6 is 0 Å². The Morgan fingerprint density at radius 2 is 2.22 bits per heavy atom. The van der Waals surface area contributed by atoms with Crippen LogP contribution in [0, 0.1) is 0 Å². The maximum Gasteiger partial charge on any atom is 0.191 e. The summed E-state index contributed by atoms with van der Waals surface area (Å²) < 4.78 is 7.57. The molecule has 2 aromatic heterocycles. The van der Waals surface area contributed by atoms with E-state index in [4.69, 9.17) is 4.42 Å². The first-order valence-corrected chi connectivity index (χ1v) is 9.79. The minimum atomic E-state index is -1.14. The van der Waals surface area contributed by atoms with Crippen LogP contribution in [0.4, 0.5) is 0 Å². The molecule has 0 amide bonds. The second kappa shape index (κ2) is 9.03. The molecule has 0 saturated heterocycles. The van der Waals surface area contributed by atoms with Gasteiger partial charge in [0.1, 0.15) is 23.0 Å². The lowest BCUT2D eigenvalue weighted by Gasteiger charge is -2.19. The third-order valence-electron chi connectivity index (χ3n) is 4.77. The molecular weight excluding hydrogens is 344 g/mol. The van der Waals surface area contributed by atoms with Crippen molar-refractivity contribution in [1.82, 2.24) is 25.4 Å². The molecule has 3 N–H and O–H groups in total. The quantitative estimate of drug-likeness (QED) is 0.503. The van der Waals surface area contributed by atoms with Crippen molar-refractivity contribution >= 4 is 5.96 Å². The van der Waals surface area contributed by atoms with Crippen LogP contribution in [-0.2, 0) is 25.0 Å². The van der Waals surface area contributed by atoms with Crippen LogP contribution in [0.25, 0.3) is 0 Å². The zero-order valence-electron chi connectivity index (χ0n) is 16.2. The molecule has 1 unspecified atom stereocenters. The number of aliphatic hydroxyl groups is 1. The molecule has 0 aromatic carbocycles. The number of guanidine groups is 1. The highest BCUT2D eigenvalue weighted by Crippen LogP contribution is 2.21. The Hall–Kier alpha value is -2.35. The van der Waals surface area contributed by atoms with Crippen LogP contribution in [0.5, 0.6) is 0 Å². The van der Waals surface area contributed by atoms with E-state index in [-0.39, 0.29) is 6.54 Å². The fourth-order valence-electron chi connectivity index (χ4n) is 3.26. The Morgan fingerprint density at radius 1 is 1.33 bits per heavy atom. The predicted octanol–water partition coefficient (Wildman–Crippen LogP) is 1.60. The standard InChI is InChI=1S/C19H30N6O2/c1-3-20-18(22-14-19(2,26)15-8-7-13-27-15)21-11-10-17-24-23-16-9-5-4-6-12-25(16)17/h7-8,13,26H,3-6,9-12,14H2,1-2H3,(H2,20,21,22). The number of furan rings is 1. The minimum Gasteiger partial charge on any atom is -0.466 e. The molecule has 2 aromatic rings. The van der Waals surface area contributed by atoms with E-state index in [1.807, 2.05) is 6.92 Å². The van der Waals surface area contributed by atoms with E-state index in [0.717, 1.165) is 37.6 Å². The third-order valence-corrected chi connectivity index (χ3v) is 4.77. The second-order valence-electron chi connectivity index (χ2n) is 7.12. The highest BCUT2D eigenvalue weighted by Gasteiger charge is 2.26. The lowest BCUT2D eigenvalue weighted by Crippen LogP contribution is -2.40. The molecule has 1 aliphatic heterocycles. The average molecular weight is 374 g/mol. The van der Waals surface area contributed by atoms with Crippen molar-refractivity contribution < 1.29 is 9.52 Å². The number of aromatic nitrogens is 3. The number of hydrogen-bond donors (Lipinski definition) is 3. The van der Waals surface area contributed by atoms with Crippen LogP contribution in [-0.4, -0.2) is 45.5 Å². The normalized spacial score (nSPS) is 17.1. The summed E-state index contributed by atoms with van der Waals surface area (Å²) in [5.74, 6) is 3.31. The molecule has 0 fully saturated rings. The summed E-state index contributed by atoms with van der Waals surface area (Å²) in [4.78, 5) is 4.50. The van der Waals surface area contributed by atoms with E-state index >= 15 is 0 Å². The van der Waals surface area contributed by atoms with Gasteiger partial charge in [0.25, 0.3) is 0 Å².